The molecule has 0 aliphatic carbocycles. The van der Waals surface area contributed by atoms with Gasteiger partial charge < -0.3 is 9.64 Å². The van der Waals surface area contributed by atoms with Crippen LogP contribution in [0.15, 0.2) is 24.3 Å². The van der Waals surface area contributed by atoms with Crippen LogP contribution in [0.5, 0.6) is 0 Å². The number of amides is 1. The maximum atomic E-state index is 13.0. The Kier molecular flexibility index (Phi) is 5.72. The molecule has 6 heteroatoms. The SMILES string of the molecule is CCc1nc2ccccc2c(C)c1C(=O)OCC(=O)N1C(C)(C)CC(=O)CC1(C)C. The zero-order valence-electron chi connectivity index (χ0n) is 18.7. The molecule has 0 atom stereocenters. The first-order chi connectivity index (χ1) is 14.0. The second kappa shape index (κ2) is 7.82. The zero-order valence-corrected chi connectivity index (χ0v) is 18.7. The summed E-state index contributed by atoms with van der Waals surface area (Å²) in [7, 11) is 0. The molecule has 0 bridgehead atoms. The summed E-state index contributed by atoms with van der Waals surface area (Å²) in [5.74, 6) is -0.702. The Morgan fingerprint density at radius 3 is 2.30 bits per heavy atom. The van der Waals surface area contributed by atoms with Crippen molar-refractivity contribution >= 4 is 28.6 Å². The second-order valence-electron chi connectivity index (χ2n) is 9.25. The number of hydrogen-bond acceptors (Lipinski definition) is 5. The number of carbonyl (C=O) groups is 3. The Hall–Kier alpha value is -2.76. The fraction of sp³-hybridized carbons (Fsp3) is 0.500. The van der Waals surface area contributed by atoms with Crippen molar-refractivity contribution in [1.29, 1.82) is 0 Å². The van der Waals surface area contributed by atoms with Gasteiger partial charge in [-0.15, -0.1) is 0 Å². The van der Waals surface area contributed by atoms with E-state index in [9.17, 15) is 14.4 Å². The number of piperidine rings is 1. The van der Waals surface area contributed by atoms with Crippen LogP contribution >= 0.6 is 0 Å². The maximum absolute atomic E-state index is 13.0. The molecule has 0 unspecified atom stereocenters. The minimum Gasteiger partial charge on any atom is -0.452 e. The highest BCUT2D eigenvalue weighted by molar-refractivity contribution is 5.99. The van der Waals surface area contributed by atoms with Gasteiger partial charge in [-0.3, -0.25) is 14.6 Å². The fourth-order valence-corrected chi connectivity index (χ4v) is 4.91. The number of aryl methyl sites for hydroxylation is 2. The zero-order chi connectivity index (χ0) is 22.3. The van der Waals surface area contributed by atoms with Crippen LogP contribution in [0, 0.1) is 6.92 Å². The van der Waals surface area contributed by atoms with Gasteiger partial charge in [-0.05, 0) is 52.7 Å². The fourth-order valence-electron chi connectivity index (χ4n) is 4.91. The minimum atomic E-state index is -0.628. The lowest BCUT2D eigenvalue weighted by molar-refractivity contribution is -0.156. The molecule has 30 heavy (non-hydrogen) atoms. The van der Waals surface area contributed by atoms with Crippen molar-refractivity contribution < 1.29 is 19.1 Å². The van der Waals surface area contributed by atoms with Gasteiger partial charge in [0.1, 0.15) is 5.78 Å². The predicted octanol–water partition coefficient (Wildman–Crippen LogP) is 4.01. The molecule has 3 rings (SSSR count). The summed E-state index contributed by atoms with van der Waals surface area (Å²) in [6, 6.07) is 7.66. The third-order valence-corrected chi connectivity index (χ3v) is 5.81. The standard InChI is InChI=1S/C24H30N2O4/c1-7-18-21(15(2)17-10-8-9-11-19(17)25-18)22(29)30-14-20(28)26-23(3,4)12-16(27)13-24(26,5)6/h8-11H,7,12-14H2,1-6H3. The van der Waals surface area contributed by atoms with Crippen LogP contribution in [0.3, 0.4) is 0 Å². The Morgan fingerprint density at radius 1 is 1.10 bits per heavy atom. The number of rotatable bonds is 4. The average Bonchev–Trinajstić information content (AvgIpc) is 2.63. The molecule has 160 valence electrons. The number of ketones is 1. The Bertz CT molecular complexity index is 1000. The number of benzene rings is 1. The van der Waals surface area contributed by atoms with Crippen molar-refractivity contribution in [2.24, 2.45) is 0 Å². The number of ether oxygens (including phenoxy) is 1. The third-order valence-electron chi connectivity index (χ3n) is 5.81. The van der Waals surface area contributed by atoms with Crippen molar-refractivity contribution in [3.05, 3.63) is 41.1 Å². The Balaban J connectivity index is 1.84. The molecule has 2 heterocycles. The van der Waals surface area contributed by atoms with Crippen LogP contribution in [-0.4, -0.2) is 45.2 Å². The minimum absolute atomic E-state index is 0.136. The van der Waals surface area contributed by atoms with Crippen molar-refractivity contribution in [3.8, 4) is 0 Å². The number of aromatic nitrogens is 1. The predicted molar refractivity (Wildman–Crippen MR) is 115 cm³/mol. The van der Waals surface area contributed by atoms with Crippen molar-refractivity contribution in [2.45, 2.75) is 71.9 Å². The Morgan fingerprint density at radius 2 is 1.70 bits per heavy atom. The van der Waals surface area contributed by atoms with Gasteiger partial charge >= 0.3 is 5.97 Å². The van der Waals surface area contributed by atoms with Gasteiger partial charge in [0, 0.05) is 29.3 Å². The van der Waals surface area contributed by atoms with Gasteiger partial charge in [-0.1, -0.05) is 25.1 Å². The number of pyridine rings is 1. The molecule has 0 radical (unpaired) electrons. The van der Waals surface area contributed by atoms with Crippen molar-refractivity contribution in [2.75, 3.05) is 6.61 Å². The van der Waals surface area contributed by atoms with E-state index < -0.39 is 17.0 Å². The van der Waals surface area contributed by atoms with E-state index in [2.05, 4.69) is 4.98 Å². The van der Waals surface area contributed by atoms with Gasteiger partial charge in [0.15, 0.2) is 6.61 Å². The van der Waals surface area contributed by atoms with Crippen LogP contribution in [0.4, 0.5) is 0 Å². The first kappa shape index (κ1) is 21.9. The number of fused-ring (bicyclic) bond motifs is 1. The molecule has 1 amide bonds. The molecule has 0 saturated carbocycles. The molecule has 6 nitrogen and oxygen atoms in total. The number of nitrogens with zero attached hydrogens (tertiary/aromatic N) is 2. The van der Waals surface area contributed by atoms with Crippen LogP contribution in [-0.2, 0) is 20.7 Å². The first-order valence-corrected chi connectivity index (χ1v) is 10.4. The lowest BCUT2D eigenvalue weighted by atomic mass is 9.79. The van der Waals surface area contributed by atoms with Crippen LogP contribution in [0.25, 0.3) is 10.9 Å². The second-order valence-corrected chi connectivity index (χ2v) is 9.25. The van der Waals surface area contributed by atoms with E-state index in [1.54, 1.807) is 4.90 Å². The van der Waals surface area contributed by atoms with Gasteiger partial charge in [-0.2, -0.15) is 0 Å². The van der Waals surface area contributed by atoms with E-state index in [1.807, 2.05) is 65.8 Å². The molecule has 1 fully saturated rings. The lowest BCUT2D eigenvalue weighted by Crippen LogP contribution is -2.63. The van der Waals surface area contributed by atoms with E-state index >= 15 is 0 Å². The van der Waals surface area contributed by atoms with Crippen LogP contribution in [0.1, 0.15) is 69.1 Å². The molecule has 1 aliphatic heterocycles. The molecule has 1 aromatic heterocycles. The highest BCUT2D eigenvalue weighted by Crippen LogP contribution is 2.36. The number of hydrogen-bond donors (Lipinski definition) is 0. The highest BCUT2D eigenvalue weighted by Gasteiger charge is 2.47. The monoisotopic (exact) mass is 410 g/mol. The topological polar surface area (TPSA) is 76.6 Å². The molecule has 2 aromatic rings. The molecule has 0 spiro atoms. The summed E-state index contributed by atoms with van der Waals surface area (Å²) in [6.07, 6.45) is 1.17. The van der Waals surface area contributed by atoms with E-state index in [-0.39, 0.29) is 18.3 Å². The van der Waals surface area contributed by atoms with Gasteiger partial charge in [0.25, 0.3) is 5.91 Å². The first-order valence-electron chi connectivity index (χ1n) is 10.4. The van der Waals surface area contributed by atoms with Gasteiger partial charge in [0.05, 0.1) is 16.8 Å². The Labute approximate surface area is 177 Å². The number of carbonyl (C=O) groups excluding carboxylic acids is 3. The largest absolute Gasteiger partial charge is 0.452 e. The molecule has 1 saturated heterocycles. The number of Topliss-reactive ketones (excluding diaryl/α,β-unsaturated/α-hetero) is 1. The molecular weight excluding hydrogens is 380 g/mol. The molecular formula is C24H30N2O4. The summed E-state index contributed by atoms with van der Waals surface area (Å²) < 4.78 is 5.47. The maximum Gasteiger partial charge on any atom is 0.340 e. The quantitative estimate of drug-likeness (QED) is 0.712. The summed E-state index contributed by atoms with van der Waals surface area (Å²) >= 11 is 0. The van der Waals surface area contributed by atoms with Crippen molar-refractivity contribution in [1.82, 2.24) is 9.88 Å². The normalized spacial score (nSPS) is 17.8. The summed E-state index contributed by atoms with van der Waals surface area (Å²) in [6.45, 7) is 10.9. The van der Waals surface area contributed by atoms with E-state index in [0.717, 1.165) is 16.5 Å². The van der Waals surface area contributed by atoms with E-state index in [1.165, 1.54) is 0 Å². The van der Waals surface area contributed by atoms with Gasteiger partial charge in [-0.25, -0.2) is 4.79 Å². The van der Waals surface area contributed by atoms with E-state index in [4.69, 9.17) is 4.74 Å². The molecule has 0 N–H and O–H groups in total. The molecule has 1 aromatic carbocycles. The van der Waals surface area contributed by atoms with Gasteiger partial charge in [0.2, 0.25) is 0 Å². The smallest absolute Gasteiger partial charge is 0.340 e. The van der Waals surface area contributed by atoms with Crippen molar-refractivity contribution in [3.63, 3.8) is 0 Å². The summed E-state index contributed by atoms with van der Waals surface area (Å²) in [4.78, 5) is 44.4. The summed E-state index contributed by atoms with van der Waals surface area (Å²) in [5, 5.41) is 0.893. The van der Waals surface area contributed by atoms with E-state index in [0.29, 0.717) is 30.5 Å². The third kappa shape index (κ3) is 3.95. The number of esters is 1. The average molecular weight is 411 g/mol. The van der Waals surface area contributed by atoms with Crippen LogP contribution < -0.4 is 0 Å². The molecule has 1 aliphatic rings. The highest BCUT2D eigenvalue weighted by atomic mass is 16.5. The van der Waals surface area contributed by atoms with Crippen LogP contribution in [0.2, 0.25) is 0 Å². The summed E-state index contributed by atoms with van der Waals surface area (Å²) in [5.41, 5.74) is 1.47. The number of likely N-dealkylation sites (tertiary alicyclic amines) is 1. The lowest BCUT2D eigenvalue weighted by Gasteiger charge is -2.52. The number of para-hydroxylation sites is 1.